The second-order valence-electron chi connectivity index (χ2n) is 6.03. The summed E-state index contributed by atoms with van der Waals surface area (Å²) in [5, 5.41) is 8.96. The predicted octanol–water partition coefficient (Wildman–Crippen LogP) is 1.97. The number of hydrogen-bond donors (Lipinski definition) is 0. The van der Waals surface area contributed by atoms with Gasteiger partial charge in [0, 0.05) is 13.1 Å². The maximum atomic E-state index is 11.2. The molecule has 5 nitrogen and oxygen atoms in total. The molecule has 0 aromatic rings. The van der Waals surface area contributed by atoms with Crippen LogP contribution >= 0.6 is 0 Å². The minimum Gasteiger partial charge on any atom is -0.469 e. The molecule has 0 radical (unpaired) electrons. The highest BCUT2D eigenvalue weighted by atomic mass is 16.5. The lowest BCUT2D eigenvalue weighted by atomic mass is 9.89. The Kier molecular flexibility index (Phi) is 6.97. The van der Waals surface area contributed by atoms with Crippen LogP contribution < -0.4 is 0 Å². The number of hydrogen-bond acceptors (Lipinski definition) is 5. The summed E-state index contributed by atoms with van der Waals surface area (Å²) >= 11 is 0. The number of ether oxygens (including phenoxy) is 2. The van der Waals surface area contributed by atoms with Crippen molar-refractivity contribution in [2.45, 2.75) is 45.6 Å². The summed E-state index contributed by atoms with van der Waals surface area (Å²) < 4.78 is 10.2. The summed E-state index contributed by atoms with van der Waals surface area (Å²) in [6.07, 6.45) is 3.34. The molecule has 0 saturated carbocycles. The molecule has 1 fully saturated rings. The van der Waals surface area contributed by atoms with Crippen LogP contribution in [0.2, 0.25) is 0 Å². The average Bonchev–Trinajstić information content (AvgIpc) is 2.44. The molecular weight excluding hydrogens is 256 g/mol. The molecule has 0 aliphatic carbocycles. The van der Waals surface area contributed by atoms with Crippen LogP contribution in [-0.4, -0.2) is 50.3 Å². The number of methoxy groups -OCH3 is 1. The third kappa shape index (κ3) is 6.36. The number of nitriles is 1. The van der Waals surface area contributed by atoms with Crippen LogP contribution in [0.5, 0.6) is 0 Å². The van der Waals surface area contributed by atoms with Gasteiger partial charge in [-0.3, -0.25) is 9.69 Å². The van der Waals surface area contributed by atoms with Gasteiger partial charge in [0.15, 0.2) is 0 Å². The molecule has 0 aromatic carbocycles. The van der Waals surface area contributed by atoms with E-state index in [9.17, 15) is 4.79 Å². The normalized spacial score (nSPS) is 20.4. The van der Waals surface area contributed by atoms with Crippen molar-refractivity contribution in [3.05, 3.63) is 0 Å². The molecule has 1 rings (SSSR count). The van der Waals surface area contributed by atoms with Gasteiger partial charge in [0.2, 0.25) is 0 Å². The molecule has 1 unspecified atom stereocenters. The summed E-state index contributed by atoms with van der Waals surface area (Å²) in [4.78, 5) is 13.6. The Morgan fingerprint density at radius 1 is 1.50 bits per heavy atom. The van der Waals surface area contributed by atoms with E-state index in [0.29, 0.717) is 13.0 Å². The molecule has 0 spiro atoms. The average molecular weight is 282 g/mol. The molecule has 1 atom stereocenters. The van der Waals surface area contributed by atoms with Crippen molar-refractivity contribution in [2.24, 2.45) is 5.41 Å². The number of rotatable bonds is 7. The van der Waals surface area contributed by atoms with E-state index in [1.54, 1.807) is 0 Å². The highest BCUT2D eigenvalue weighted by Gasteiger charge is 2.23. The van der Waals surface area contributed by atoms with E-state index in [1.165, 1.54) is 7.11 Å². The third-order valence-corrected chi connectivity index (χ3v) is 3.67. The van der Waals surface area contributed by atoms with Gasteiger partial charge >= 0.3 is 5.97 Å². The molecule has 1 aliphatic heterocycles. The Hall–Kier alpha value is -1.12. The molecule has 1 aliphatic rings. The van der Waals surface area contributed by atoms with Crippen molar-refractivity contribution in [2.75, 3.05) is 33.4 Å². The summed E-state index contributed by atoms with van der Waals surface area (Å²) in [7, 11) is 1.40. The largest absolute Gasteiger partial charge is 0.469 e. The first kappa shape index (κ1) is 16.9. The lowest BCUT2D eigenvalue weighted by Gasteiger charge is -2.32. The molecule has 0 bridgehead atoms. The molecule has 1 saturated heterocycles. The third-order valence-electron chi connectivity index (χ3n) is 3.67. The zero-order chi connectivity index (χ0) is 15.0. The molecule has 1 heterocycles. The van der Waals surface area contributed by atoms with Gasteiger partial charge in [0.1, 0.15) is 0 Å². The van der Waals surface area contributed by atoms with Crippen LogP contribution in [0.3, 0.4) is 0 Å². The van der Waals surface area contributed by atoms with Gasteiger partial charge < -0.3 is 9.47 Å². The minimum atomic E-state index is -0.224. The minimum absolute atomic E-state index is 0.0493. The number of esters is 1. The first-order valence-electron chi connectivity index (χ1n) is 7.29. The standard InChI is InChI=1S/C15H26N2O3/c1-15(2,12-16)6-4-5-7-17-8-9-20-13(11-17)10-14(18)19-3/h13H,4-11H2,1-3H3. The maximum absolute atomic E-state index is 11.2. The second-order valence-corrected chi connectivity index (χ2v) is 6.03. The second kappa shape index (κ2) is 8.23. The van der Waals surface area contributed by atoms with Gasteiger partial charge in [0.25, 0.3) is 0 Å². The smallest absolute Gasteiger partial charge is 0.308 e. The van der Waals surface area contributed by atoms with Gasteiger partial charge in [0.05, 0.1) is 37.7 Å². The number of unbranched alkanes of at least 4 members (excludes halogenated alkanes) is 1. The van der Waals surface area contributed by atoms with E-state index in [0.717, 1.165) is 38.9 Å². The Morgan fingerprint density at radius 2 is 2.25 bits per heavy atom. The Labute approximate surface area is 121 Å². The molecule has 20 heavy (non-hydrogen) atoms. The van der Waals surface area contributed by atoms with Crippen molar-refractivity contribution in [3.8, 4) is 6.07 Å². The van der Waals surface area contributed by atoms with Crippen LogP contribution in [0, 0.1) is 16.7 Å². The molecular formula is C15H26N2O3. The maximum Gasteiger partial charge on any atom is 0.308 e. The van der Waals surface area contributed by atoms with E-state index < -0.39 is 0 Å². The van der Waals surface area contributed by atoms with Crippen molar-refractivity contribution in [1.29, 1.82) is 5.26 Å². The summed E-state index contributed by atoms with van der Waals surface area (Å²) in [5.41, 5.74) is -0.224. The van der Waals surface area contributed by atoms with Gasteiger partial charge in [-0.2, -0.15) is 5.26 Å². The molecule has 0 amide bonds. The summed E-state index contributed by atoms with van der Waals surface area (Å²) in [5.74, 6) is -0.215. The van der Waals surface area contributed by atoms with Gasteiger partial charge in [-0.25, -0.2) is 0 Å². The van der Waals surface area contributed by atoms with E-state index in [-0.39, 0.29) is 17.5 Å². The first-order chi connectivity index (χ1) is 9.46. The van der Waals surface area contributed by atoms with Gasteiger partial charge in [-0.05, 0) is 33.2 Å². The highest BCUT2D eigenvalue weighted by Crippen LogP contribution is 2.22. The summed E-state index contributed by atoms with van der Waals surface area (Å²) in [6.45, 7) is 7.34. The lowest BCUT2D eigenvalue weighted by Crippen LogP contribution is -2.43. The highest BCUT2D eigenvalue weighted by molar-refractivity contribution is 5.69. The van der Waals surface area contributed by atoms with Crippen LogP contribution in [0.15, 0.2) is 0 Å². The quantitative estimate of drug-likeness (QED) is 0.527. The summed E-state index contributed by atoms with van der Waals surface area (Å²) in [6, 6.07) is 2.33. The molecule has 114 valence electrons. The molecule has 0 aromatic heterocycles. The fourth-order valence-electron chi connectivity index (χ4n) is 2.33. The van der Waals surface area contributed by atoms with Crippen molar-refractivity contribution >= 4 is 5.97 Å². The van der Waals surface area contributed by atoms with Crippen molar-refractivity contribution in [1.82, 2.24) is 4.90 Å². The van der Waals surface area contributed by atoms with Crippen LogP contribution in [0.4, 0.5) is 0 Å². The Bertz CT molecular complexity index is 350. The van der Waals surface area contributed by atoms with E-state index in [1.807, 2.05) is 13.8 Å². The van der Waals surface area contributed by atoms with Crippen LogP contribution in [0.1, 0.15) is 39.5 Å². The number of nitrogens with zero attached hydrogens (tertiary/aromatic N) is 2. The lowest BCUT2D eigenvalue weighted by molar-refractivity contribution is -0.145. The number of carbonyl (C=O) groups excluding carboxylic acids is 1. The fraction of sp³-hybridized carbons (Fsp3) is 0.867. The van der Waals surface area contributed by atoms with Gasteiger partial charge in [-0.1, -0.05) is 6.42 Å². The van der Waals surface area contributed by atoms with Gasteiger partial charge in [-0.15, -0.1) is 0 Å². The zero-order valence-corrected chi connectivity index (χ0v) is 12.9. The number of morpholine rings is 1. The predicted molar refractivity (Wildman–Crippen MR) is 76.1 cm³/mol. The topological polar surface area (TPSA) is 62.6 Å². The van der Waals surface area contributed by atoms with E-state index >= 15 is 0 Å². The molecule has 0 N–H and O–H groups in total. The van der Waals surface area contributed by atoms with E-state index in [2.05, 4.69) is 15.7 Å². The monoisotopic (exact) mass is 282 g/mol. The van der Waals surface area contributed by atoms with Crippen LogP contribution in [0.25, 0.3) is 0 Å². The zero-order valence-electron chi connectivity index (χ0n) is 12.9. The first-order valence-corrected chi connectivity index (χ1v) is 7.29. The SMILES string of the molecule is COC(=O)CC1CN(CCCCC(C)(C)C#N)CCO1. The Morgan fingerprint density at radius 3 is 2.90 bits per heavy atom. The Balaban J connectivity index is 2.21. The van der Waals surface area contributed by atoms with Crippen molar-refractivity contribution < 1.29 is 14.3 Å². The number of carbonyl (C=O) groups is 1. The molecule has 5 heteroatoms. The van der Waals surface area contributed by atoms with E-state index in [4.69, 9.17) is 10.00 Å². The van der Waals surface area contributed by atoms with Crippen LogP contribution in [-0.2, 0) is 14.3 Å². The fourth-order valence-corrected chi connectivity index (χ4v) is 2.33. The van der Waals surface area contributed by atoms with Crippen molar-refractivity contribution in [3.63, 3.8) is 0 Å².